The van der Waals surface area contributed by atoms with E-state index < -0.39 is 11.7 Å². The minimum absolute atomic E-state index is 0.549. The average Bonchev–Trinajstić information content (AvgIpc) is 2.40. The number of unbranched alkanes of at least 4 members (excludes halogenated alkanes) is 7. The lowest BCUT2D eigenvalue weighted by Gasteiger charge is -2.31. The van der Waals surface area contributed by atoms with E-state index in [9.17, 15) is 10.2 Å². The maximum absolute atomic E-state index is 10.1. The number of rotatable bonds is 12. The van der Waals surface area contributed by atoms with Crippen molar-refractivity contribution < 1.29 is 10.2 Å². The van der Waals surface area contributed by atoms with Crippen molar-refractivity contribution in [1.82, 2.24) is 0 Å². The molecular formula is C16H34O2. The van der Waals surface area contributed by atoms with Crippen LogP contribution in [-0.2, 0) is 0 Å². The van der Waals surface area contributed by atoms with Crippen molar-refractivity contribution in [2.45, 2.75) is 103 Å². The van der Waals surface area contributed by atoms with Crippen molar-refractivity contribution in [3.63, 3.8) is 0 Å². The Kier molecular flexibility index (Phi) is 10.8. The van der Waals surface area contributed by atoms with Crippen LogP contribution in [0.2, 0.25) is 0 Å². The van der Waals surface area contributed by atoms with E-state index in [1.807, 2.05) is 13.8 Å². The van der Waals surface area contributed by atoms with Crippen molar-refractivity contribution in [1.29, 1.82) is 0 Å². The van der Waals surface area contributed by atoms with Gasteiger partial charge in [0.2, 0.25) is 0 Å². The zero-order valence-corrected chi connectivity index (χ0v) is 12.7. The highest BCUT2D eigenvalue weighted by Gasteiger charge is 2.30. The van der Waals surface area contributed by atoms with Gasteiger partial charge in [-0.1, -0.05) is 72.1 Å². The monoisotopic (exact) mass is 258 g/mol. The summed E-state index contributed by atoms with van der Waals surface area (Å²) in [6.07, 6.45) is 11.7. The van der Waals surface area contributed by atoms with Gasteiger partial charge in [-0.3, -0.25) is 0 Å². The van der Waals surface area contributed by atoms with E-state index in [1.165, 1.54) is 44.9 Å². The van der Waals surface area contributed by atoms with E-state index in [4.69, 9.17) is 0 Å². The molecule has 0 fully saturated rings. The highest BCUT2D eigenvalue weighted by Crippen LogP contribution is 2.23. The van der Waals surface area contributed by atoms with Gasteiger partial charge in [0.05, 0.1) is 11.7 Å². The van der Waals surface area contributed by atoms with Crippen LogP contribution in [0.5, 0.6) is 0 Å². The molecule has 110 valence electrons. The minimum atomic E-state index is -0.860. The molecule has 0 radical (unpaired) electrons. The van der Waals surface area contributed by atoms with Crippen LogP contribution >= 0.6 is 0 Å². The molecule has 2 N–H and O–H groups in total. The second kappa shape index (κ2) is 10.8. The third-order valence-corrected chi connectivity index (χ3v) is 4.18. The van der Waals surface area contributed by atoms with Crippen LogP contribution < -0.4 is 0 Å². The van der Waals surface area contributed by atoms with Gasteiger partial charge in [-0.2, -0.15) is 0 Å². The van der Waals surface area contributed by atoms with E-state index in [1.54, 1.807) is 0 Å². The number of hydrogen-bond donors (Lipinski definition) is 2. The van der Waals surface area contributed by atoms with Crippen molar-refractivity contribution in [2.24, 2.45) is 0 Å². The summed E-state index contributed by atoms with van der Waals surface area (Å²) in [7, 11) is 0. The Morgan fingerprint density at radius 3 is 1.67 bits per heavy atom. The largest absolute Gasteiger partial charge is 0.390 e. The summed E-state index contributed by atoms with van der Waals surface area (Å²) in [4.78, 5) is 0. The summed E-state index contributed by atoms with van der Waals surface area (Å²) >= 11 is 0. The van der Waals surface area contributed by atoms with E-state index >= 15 is 0 Å². The fourth-order valence-electron chi connectivity index (χ4n) is 2.46. The molecule has 0 heterocycles. The van der Waals surface area contributed by atoms with Gasteiger partial charge in [-0.15, -0.1) is 0 Å². The molecule has 0 spiro atoms. The van der Waals surface area contributed by atoms with Gasteiger partial charge in [0.1, 0.15) is 0 Å². The lowest BCUT2D eigenvalue weighted by Crippen LogP contribution is -2.41. The molecule has 0 aromatic rings. The van der Waals surface area contributed by atoms with Crippen LogP contribution in [0.3, 0.4) is 0 Å². The topological polar surface area (TPSA) is 40.5 Å². The Morgan fingerprint density at radius 1 is 0.778 bits per heavy atom. The maximum atomic E-state index is 10.1. The quantitative estimate of drug-likeness (QED) is 0.508. The normalized spacial score (nSPS) is 13.8. The molecule has 0 aliphatic heterocycles. The fourth-order valence-corrected chi connectivity index (χ4v) is 2.46. The third kappa shape index (κ3) is 7.38. The predicted molar refractivity (Wildman–Crippen MR) is 78.8 cm³/mol. The minimum Gasteiger partial charge on any atom is -0.390 e. The van der Waals surface area contributed by atoms with E-state index in [2.05, 4.69) is 6.92 Å². The van der Waals surface area contributed by atoms with Crippen LogP contribution in [-0.4, -0.2) is 21.9 Å². The summed E-state index contributed by atoms with van der Waals surface area (Å²) in [5.41, 5.74) is -0.860. The van der Waals surface area contributed by atoms with Crippen molar-refractivity contribution in [2.75, 3.05) is 0 Å². The molecule has 0 amide bonds. The van der Waals surface area contributed by atoms with Gasteiger partial charge < -0.3 is 10.2 Å². The molecule has 0 saturated carbocycles. The molecule has 0 bridgehead atoms. The van der Waals surface area contributed by atoms with Crippen molar-refractivity contribution >= 4 is 0 Å². The predicted octanol–water partition coefficient (Wildman–Crippen LogP) is 4.43. The first-order valence-corrected chi connectivity index (χ1v) is 8.01. The molecule has 0 aliphatic rings. The Balaban J connectivity index is 3.48. The highest BCUT2D eigenvalue weighted by atomic mass is 16.3. The lowest BCUT2D eigenvalue weighted by atomic mass is 9.87. The molecule has 0 aromatic carbocycles. The Morgan fingerprint density at radius 2 is 1.22 bits per heavy atom. The second-order valence-electron chi connectivity index (χ2n) is 5.59. The standard InChI is InChI=1S/C16H34O2/c1-4-7-8-9-10-11-12-13-14-15(17)16(18,5-2)6-3/h15,17-18H,4-14H2,1-3H3. The zero-order valence-electron chi connectivity index (χ0n) is 12.7. The third-order valence-electron chi connectivity index (χ3n) is 4.18. The molecule has 0 aliphatic carbocycles. The number of aliphatic hydroxyl groups excluding tert-OH is 1. The first-order chi connectivity index (χ1) is 8.60. The number of hydrogen-bond acceptors (Lipinski definition) is 2. The van der Waals surface area contributed by atoms with Crippen LogP contribution in [0.1, 0.15) is 91.4 Å². The van der Waals surface area contributed by atoms with Crippen LogP contribution in [0.25, 0.3) is 0 Å². The first kappa shape index (κ1) is 17.9. The Bertz CT molecular complexity index is 176. The molecule has 1 unspecified atom stereocenters. The second-order valence-corrected chi connectivity index (χ2v) is 5.59. The van der Waals surface area contributed by atoms with Gasteiger partial charge in [-0.05, 0) is 19.3 Å². The highest BCUT2D eigenvalue weighted by molar-refractivity contribution is 4.83. The SMILES string of the molecule is CCCCCCCCCCC(O)C(O)(CC)CC. The Labute approximate surface area is 114 Å². The zero-order chi connectivity index (χ0) is 13.9. The molecule has 1 atom stereocenters. The van der Waals surface area contributed by atoms with Gasteiger partial charge in [0.15, 0.2) is 0 Å². The van der Waals surface area contributed by atoms with E-state index in [0.29, 0.717) is 12.8 Å². The van der Waals surface area contributed by atoms with Crippen molar-refractivity contribution in [3.8, 4) is 0 Å². The molecule has 0 rings (SSSR count). The lowest BCUT2D eigenvalue weighted by molar-refractivity contribution is -0.0835. The van der Waals surface area contributed by atoms with E-state index in [-0.39, 0.29) is 0 Å². The Hall–Kier alpha value is -0.0800. The molecule has 0 aromatic heterocycles. The molecule has 0 saturated heterocycles. The van der Waals surface area contributed by atoms with E-state index in [0.717, 1.165) is 12.8 Å². The summed E-state index contributed by atoms with van der Waals surface area (Å²) in [5.74, 6) is 0. The van der Waals surface area contributed by atoms with Gasteiger partial charge in [-0.25, -0.2) is 0 Å². The number of aliphatic hydroxyl groups is 2. The summed E-state index contributed by atoms with van der Waals surface area (Å²) in [6.45, 7) is 6.13. The van der Waals surface area contributed by atoms with Crippen LogP contribution in [0.4, 0.5) is 0 Å². The maximum Gasteiger partial charge on any atom is 0.0900 e. The molecule has 18 heavy (non-hydrogen) atoms. The molecule has 2 nitrogen and oxygen atoms in total. The molecule has 2 heteroatoms. The van der Waals surface area contributed by atoms with Gasteiger partial charge in [0.25, 0.3) is 0 Å². The fraction of sp³-hybridized carbons (Fsp3) is 1.00. The van der Waals surface area contributed by atoms with Gasteiger partial charge >= 0.3 is 0 Å². The first-order valence-electron chi connectivity index (χ1n) is 8.01. The van der Waals surface area contributed by atoms with Gasteiger partial charge in [0, 0.05) is 0 Å². The average molecular weight is 258 g/mol. The summed E-state index contributed by atoms with van der Waals surface area (Å²) < 4.78 is 0. The smallest absolute Gasteiger partial charge is 0.0900 e. The summed E-state index contributed by atoms with van der Waals surface area (Å²) in [5, 5.41) is 20.1. The van der Waals surface area contributed by atoms with Crippen molar-refractivity contribution in [3.05, 3.63) is 0 Å². The van der Waals surface area contributed by atoms with Crippen LogP contribution in [0, 0.1) is 0 Å². The molecular weight excluding hydrogens is 224 g/mol. The summed E-state index contributed by atoms with van der Waals surface area (Å²) in [6, 6.07) is 0. The van der Waals surface area contributed by atoms with Crippen LogP contribution in [0.15, 0.2) is 0 Å².